The molecule has 20 heavy (non-hydrogen) atoms. The largest absolute Gasteiger partial charge is 0.480 e. The standard InChI is InChI=1S/C14H18N2O3S/c1-3-4-12-16(11(8-20-12)14(18)19)13(17)10-5-9(2)6-15-7-10/h5-7,11-12H,3-4,8H2,1-2H3,(H,18,19). The molecule has 0 spiro atoms. The molecule has 1 aliphatic heterocycles. The van der Waals surface area contributed by atoms with Crippen LogP contribution < -0.4 is 0 Å². The van der Waals surface area contributed by atoms with Crippen molar-refractivity contribution in [1.29, 1.82) is 0 Å². The molecule has 0 aromatic carbocycles. The molecule has 2 unspecified atom stereocenters. The Hall–Kier alpha value is -1.56. The maximum absolute atomic E-state index is 12.6. The number of aryl methyl sites for hydroxylation is 1. The highest BCUT2D eigenvalue weighted by Gasteiger charge is 2.41. The topological polar surface area (TPSA) is 70.5 Å². The summed E-state index contributed by atoms with van der Waals surface area (Å²) in [5.41, 5.74) is 1.35. The number of pyridine rings is 1. The van der Waals surface area contributed by atoms with Crippen molar-refractivity contribution in [3.05, 3.63) is 29.6 Å². The second kappa shape index (κ2) is 6.26. The van der Waals surface area contributed by atoms with Crippen molar-refractivity contribution in [2.24, 2.45) is 0 Å². The molecule has 2 rings (SSSR count). The maximum Gasteiger partial charge on any atom is 0.327 e. The van der Waals surface area contributed by atoms with E-state index in [9.17, 15) is 14.7 Å². The van der Waals surface area contributed by atoms with Crippen LogP contribution in [0.25, 0.3) is 0 Å². The number of carbonyl (C=O) groups is 2. The minimum Gasteiger partial charge on any atom is -0.480 e. The zero-order valence-electron chi connectivity index (χ0n) is 11.6. The van der Waals surface area contributed by atoms with Crippen molar-refractivity contribution in [2.75, 3.05) is 5.75 Å². The number of aromatic nitrogens is 1. The van der Waals surface area contributed by atoms with Crippen molar-refractivity contribution >= 4 is 23.6 Å². The van der Waals surface area contributed by atoms with Crippen LogP contribution in [0.1, 0.15) is 35.7 Å². The summed E-state index contributed by atoms with van der Waals surface area (Å²) in [6.45, 7) is 3.90. The van der Waals surface area contributed by atoms with E-state index in [1.54, 1.807) is 24.0 Å². The van der Waals surface area contributed by atoms with E-state index < -0.39 is 12.0 Å². The van der Waals surface area contributed by atoms with Gasteiger partial charge >= 0.3 is 5.97 Å². The highest BCUT2D eigenvalue weighted by Crippen LogP contribution is 2.33. The molecule has 1 fully saturated rings. The van der Waals surface area contributed by atoms with Gasteiger partial charge in [-0.25, -0.2) is 4.79 Å². The molecule has 0 aliphatic carbocycles. The van der Waals surface area contributed by atoms with E-state index in [2.05, 4.69) is 4.98 Å². The molecule has 0 bridgehead atoms. The van der Waals surface area contributed by atoms with Gasteiger partial charge in [-0.2, -0.15) is 0 Å². The first-order valence-corrected chi connectivity index (χ1v) is 7.68. The Labute approximate surface area is 122 Å². The summed E-state index contributed by atoms with van der Waals surface area (Å²) in [7, 11) is 0. The molecule has 108 valence electrons. The van der Waals surface area contributed by atoms with Crippen LogP contribution in [0.4, 0.5) is 0 Å². The van der Waals surface area contributed by atoms with Gasteiger partial charge in [-0.05, 0) is 25.0 Å². The van der Waals surface area contributed by atoms with E-state index in [4.69, 9.17) is 0 Å². The SMILES string of the molecule is CCCC1SCC(C(=O)O)N1C(=O)c1cncc(C)c1. The smallest absolute Gasteiger partial charge is 0.327 e. The number of carboxylic acid groups (broad SMARTS) is 1. The van der Waals surface area contributed by atoms with Crippen LogP contribution in [0, 0.1) is 6.92 Å². The highest BCUT2D eigenvalue weighted by atomic mass is 32.2. The lowest BCUT2D eigenvalue weighted by Crippen LogP contribution is -2.45. The predicted octanol–water partition coefficient (Wildman–Crippen LogP) is 2.16. The summed E-state index contributed by atoms with van der Waals surface area (Å²) in [6, 6.07) is 1.00. The van der Waals surface area contributed by atoms with Crippen LogP contribution in [0.3, 0.4) is 0 Å². The molecule has 0 radical (unpaired) electrons. The number of aliphatic carboxylic acids is 1. The zero-order chi connectivity index (χ0) is 14.7. The number of hydrogen-bond donors (Lipinski definition) is 1. The van der Waals surface area contributed by atoms with Crippen LogP contribution >= 0.6 is 11.8 Å². The summed E-state index contributed by atoms with van der Waals surface area (Å²) < 4.78 is 0. The molecule has 2 atom stereocenters. The van der Waals surface area contributed by atoms with Crippen LogP contribution in [0.5, 0.6) is 0 Å². The fourth-order valence-corrected chi connectivity index (χ4v) is 3.83. The average molecular weight is 294 g/mol. The van der Waals surface area contributed by atoms with Gasteiger partial charge in [0.1, 0.15) is 6.04 Å². The molecule has 1 saturated heterocycles. The van der Waals surface area contributed by atoms with Crippen LogP contribution in [-0.4, -0.2) is 44.0 Å². The van der Waals surface area contributed by atoms with E-state index >= 15 is 0 Å². The first-order chi connectivity index (χ1) is 9.54. The van der Waals surface area contributed by atoms with Crippen LogP contribution in [0.2, 0.25) is 0 Å². The lowest BCUT2D eigenvalue weighted by Gasteiger charge is -2.27. The molecule has 2 heterocycles. The summed E-state index contributed by atoms with van der Waals surface area (Å²) in [5, 5.41) is 9.24. The first-order valence-electron chi connectivity index (χ1n) is 6.63. The molecular weight excluding hydrogens is 276 g/mol. The van der Waals surface area contributed by atoms with Gasteiger partial charge in [0.05, 0.1) is 10.9 Å². The summed E-state index contributed by atoms with van der Waals surface area (Å²) >= 11 is 1.54. The Bertz CT molecular complexity index is 521. The predicted molar refractivity (Wildman–Crippen MR) is 77.7 cm³/mol. The van der Waals surface area contributed by atoms with Gasteiger partial charge in [-0.15, -0.1) is 11.8 Å². The van der Waals surface area contributed by atoms with Crippen molar-refractivity contribution in [3.8, 4) is 0 Å². The van der Waals surface area contributed by atoms with Crippen LogP contribution in [-0.2, 0) is 4.79 Å². The van der Waals surface area contributed by atoms with E-state index in [-0.39, 0.29) is 11.3 Å². The Balaban J connectivity index is 2.29. The van der Waals surface area contributed by atoms with E-state index in [0.29, 0.717) is 11.3 Å². The first kappa shape index (κ1) is 14.8. The van der Waals surface area contributed by atoms with Gasteiger partial charge in [0.25, 0.3) is 5.91 Å². The molecule has 1 amide bonds. The molecular formula is C14H18N2O3S. The van der Waals surface area contributed by atoms with Crippen molar-refractivity contribution < 1.29 is 14.7 Å². The third-order valence-electron chi connectivity index (χ3n) is 3.27. The Morgan fingerprint density at radius 1 is 1.50 bits per heavy atom. The molecule has 1 aromatic rings. The quantitative estimate of drug-likeness (QED) is 0.921. The zero-order valence-corrected chi connectivity index (χ0v) is 12.4. The monoisotopic (exact) mass is 294 g/mol. The van der Waals surface area contributed by atoms with Crippen molar-refractivity contribution in [3.63, 3.8) is 0 Å². The van der Waals surface area contributed by atoms with Gasteiger partial charge in [0, 0.05) is 18.1 Å². The number of carbonyl (C=O) groups excluding carboxylic acids is 1. The van der Waals surface area contributed by atoms with Gasteiger partial charge in [-0.3, -0.25) is 9.78 Å². The number of nitrogens with zero attached hydrogens (tertiary/aromatic N) is 2. The summed E-state index contributed by atoms with van der Waals surface area (Å²) in [5.74, 6) is -0.729. The summed E-state index contributed by atoms with van der Waals surface area (Å²) in [6.07, 6.45) is 4.90. The molecule has 1 N–H and O–H groups in total. The molecule has 1 aliphatic rings. The van der Waals surface area contributed by atoms with Gasteiger partial charge in [-0.1, -0.05) is 13.3 Å². The maximum atomic E-state index is 12.6. The lowest BCUT2D eigenvalue weighted by molar-refractivity contribution is -0.141. The summed E-state index contributed by atoms with van der Waals surface area (Å²) in [4.78, 5) is 29.5. The van der Waals surface area contributed by atoms with E-state index in [1.807, 2.05) is 13.8 Å². The highest BCUT2D eigenvalue weighted by molar-refractivity contribution is 8.00. The fraction of sp³-hybridized carbons (Fsp3) is 0.500. The minimum absolute atomic E-state index is 0.0610. The Morgan fingerprint density at radius 3 is 2.85 bits per heavy atom. The number of rotatable bonds is 4. The second-order valence-corrected chi connectivity index (χ2v) is 6.10. The third-order valence-corrected chi connectivity index (χ3v) is 4.63. The van der Waals surface area contributed by atoms with Gasteiger partial charge < -0.3 is 10.0 Å². The molecule has 1 aromatic heterocycles. The molecule has 5 nitrogen and oxygen atoms in total. The minimum atomic E-state index is -0.940. The van der Waals surface area contributed by atoms with Gasteiger partial charge in [0.15, 0.2) is 0 Å². The number of carboxylic acids is 1. The Morgan fingerprint density at radius 2 is 2.25 bits per heavy atom. The van der Waals surface area contributed by atoms with Crippen molar-refractivity contribution in [2.45, 2.75) is 38.1 Å². The number of thioether (sulfide) groups is 1. The number of amides is 1. The lowest BCUT2D eigenvalue weighted by atomic mass is 10.1. The molecule has 6 heteroatoms. The van der Waals surface area contributed by atoms with Crippen molar-refractivity contribution in [1.82, 2.24) is 9.88 Å². The second-order valence-electron chi connectivity index (χ2n) is 4.89. The van der Waals surface area contributed by atoms with Crippen LogP contribution in [0.15, 0.2) is 18.5 Å². The van der Waals surface area contributed by atoms with E-state index in [1.165, 1.54) is 11.1 Å². The average Bonchev–Trinajstić information content (AvgIpc) is 2.82. The fourth-order valence-electron chi connectivity index (χ4n) is 2.32. The van der Waals surface area contributed by atoms with Gasteiger partial charge in [0.2, 0.25) is 0 Å². The normalized spacial score (nSPS) is 22.0. The Kier molecular flexibility index (Phi) is 4.65. The number of hydrogen-bond acceptors (Lipinski definition) is 4. The third kappa shape index (κ3) is 2.95. The molecule has 0 saturated carbocycles. The van der Waals surface area contributed by atoms with E-state index in [0.717, 1.165) is 18.4 Å².